The van der Waals surface area contributed by atoms with Crippen molar-refractivity contribution in [2.75, 3.05) is 6.54 Å². The fourth-order valence-corrected chi connectivity index (χ4v) is 1.49. The Balaban J connectivity index is 2.59. The molecule has 3 nitrogen and oxygen atoms in total. The molecule has 0 fully saturated rings. The molecule has 1 rings (SSSR count). The van der Waals surface area contributed by atoms with E-state index >= 15 is 0 Å². The Bertz CT molecular complexity index is 401. The lowest BCUT2D eigenvalue weighted by molar-refractivity contribution is -0.137. The van der Waals surface area contributed by atoms with Gasteiger partial charge in [-0.05, 0) is 24.6 Å². The molecule has 0 aromatic heterocycles. The zero-order valence-corrected chi connectivity index (χ0v) is 9.92. The van der Waals surface area contributed by atoms with Crippen LogP contribution in [-0.2, 0) is 11.0 Å². The van der Waals surface area contributed by atoms with E-state index < -0.39 is 17.6 Å². The molecule has 0 aliphatic rings. The number of hydrogen-bond acceptors (Lipinski definition) is 2. The second-order valence-electron chi connectivity index (χ2n) is 4.01. The van der Waals surface area contributed by atoms with Gasteiger partial charge in [0.2, 0.25) is 5.91 Å². The first-order valence-corrected chi connectivity index (χ1v) is 5.49. The van der Waals surface area contributed by atoms with Crippen molar-refractivity contribution in [2.45, 2.75) is 25.6 Å². The van der Waals surface area contributed by atoms with Crippen molar-refractivity contribution in [1.29, 1.82) is 0 Å². The molecule has 1 unspecified atom stereocenters. The Morgan fingerprint density at radius 2 is 1.89 bits per heavy atom. The van der Waals surface area contributed by atoms with Gasteiger partial charge in [-0.3, -0.25) is 4.79 Å². The minimum Gasteiger partial charge on any atom is -0.370 e. The largest absolute Gasteiger partial charge is 0.416 e. The summed E-state index contributed by atoms with van der Waals surface area (Å²) in [5, 5.41) is 3.01. The van der Waals surface area contributed by atoms with Crippen molar-refractivity contribution in [1.82, 2.24) is 5.32 Å². The maximum absolute atomic E-state index is 12.3. The summed E-state index contributed by atoms with van der Waals surface area (Å²) < 4.78 is 37.0. The van der Waals surface area contributed by atoms with Crippen molar-refractivity contribution < 1.29 is 18.0 Å². The van der Waals surface area contributed by atoms with Gasteiger partial charge in [-0.2, -0.15) is 13.2 Å². The third-order valence-electron chi connectivity index (χ3n) is 2.56. The number of nitrogens with one attached hydrogen (secondary N) is 1. The average molecular weight is 260 g/mol. The van der Waals surface area contributed by atoms with Crippen LogP contribution in [0.25, 0.3) is 0 Å². The first-order chi connectivity index (χ1) is 8.30. The highest BCUT2D eigenvalue weighted by Crippen LogP contribution is 2.29. The minimum absolute atomic E-state index is 0.133. The van der Waals surface area contributed by atoms with Crippen LogP contribution < -0.4 is 11.1 Å². The Morgan fingerprint density at radius 1 is 1.33 bits per heavy atom. The van der Waals surface area contributed by atoms with Crippen LogP contribution in [-0.4, -0.2) is 12.5 Å². The van der Waals surface area contributed by atoms with Crippen LogP contribution in [0.4, 0.5) is 13.2 Å². The van der Waals surface area contributed by atoms with Gasteiger partial charge in [-0.1, -0.05) is 12.1 Å². The number of benzene rings is 1. The van der Waals surface area contributed by atoms with Crippen molar-refractivity contribution in [3.63, 3.8) is 0 Å². The van der Waals surface area contributed by atoms with E-state index in [9.17, 15) is 18.0 Å². The number of carbonyl (C=O) groups excluding carboxylic acids is 1. The molecule has 1 aromatic rings. The van der Waals surface area contributed by atoms with Gasteiger partial charge in [0, 0.05) is 19.0 Å². The summed E-state index contributed by atoms with van der Waals surface area (Å²) in [5.41, 5.74) is 5.04. The molecule has 18 heavy (non-hydrogen) atoms. The number of carbonyl (C=O) groups is 1. The number of halogens is 3. The smallest absolute Gasteiger partial charge is 0.370 e. The maximum Gasteiger partial charge on any atom is 0.416 e. The van der Waals surface area contributed by atoms with Gasteiger partial charge in [0.15, 0.2) is 0 Å². The molecule has 0 saturated heterocycles. The predicted octanol–water partition coefficient (Wildman–Crippen LogP) is 2.23. The molecule has 0 bridgehead atoms. The van der Waals surface area contributed by atoms with Crippen LogP contribution in [0.15, 0.2) is 24.3 Å². The lowest BCUT2D eigenvalue weighted by Crippen LogP contribution is -2.24. The van der Waals surface area contributed by atoms with Gasteiger partial charge in [0.25, 0.3) is 0 Å². The first-order valence-electron chi connectivity index (χ1n) is 5.49. The Kier molecular flexibility index (Phi) is 4.72. The van der Waals surface area contributed by atoms with Crippen LogP contribution in [0.1, 0.15) is 30.5 Å². The van der Waals surface area contributed by atoms with Gasteiger partial charge in [-0.25, -0.2) is 0 Å². The third kappa shape index (κ3) is 4.37. The van der Waals surface area contributed by atoms with Gasteiger partial charge in [-0.15, -0.1) is 0 Å². The van der Waals surface area contributed by atoms with Crippen molar-refractivity contribution >= 4 is 5.91 Å². The quantitative estimate of drug-likeness (QED) is 0.853. The van der Waals surface area contributed by atoms with E-state index in [1.807, 2.05) is 6.92 Å². The topological polar surface area (TPSA) is 55.1 Å². The number of primary amides is 1. The summed E-state index contributed by atoms with van der Waals surface area (Å²) in [6.07, 6.45) is -4.12. The van der Waals surface area contributed by atoms with E-state index in [1.165, 1.54) is 12.1 Å². The van der Waals surface area contributed by atoms with Crippen LogP contribution in [0, 0.1) is 0 Å². The zero-order valence-electron chi connectivity index (χ0n) is 9.92. The number of alkyl halides is 3. The SMILES string of the molecule is CC(NCCC(N)=O)c1ccc(C(F)(F)F)cc1. The molecule has 0 saturated carbocycles. The van der Waals surface area contributed by atoms with Gasteiger partial charge >= 0.3 is 6.18 Å². The van der Waals surface area contributed by atoms with E-state index in [4.69, 9.17) is 5.73 Å². The summed E-state index contributed by atoms with van der Waals surface area (Å²) >= 11 is 0. The molecule has 0 aliphatic carbocycles. The molecule has 3 N–H and O–H groups in total. The molecule has 0 radical (unpaired) electrons. The Labute approximate surface area is 103 Å². The van der Waals surface area contributed by atoms with Gasteiger partial charge in [0.05, 0.1) is 5.56 Å². The Hall–Kier alpha value is -1.56. The van der Waals surface area contributed by atoms with Crippen molar-refractivity contribution in [3.8, 4) is 0 Å². The summed E-state index contributed by atoms with van der Waals surface area (Å²) in [7, 11) is 0. The van der Waals surface area contributed by atoms with Gasteiger partial charge in [0.1, 0.15) is 0 Å². The number of hydrogen-bond donors (Lipinski definition) is 2. The molecule has 1 atom stereocenters. The zero-order chi connectivity index (χ0) is 13.8. The molecule has 1 amide bonds. The summed E-state index contributed by atoms with van der Waals surface area (Å²) in [6, 6.07) is 4.80. The molecule has 1 aromatic carbocycles. The summed E-state index contributed by atoms with van der Waals surface area (Å²) in [5.74, 6) is -0.415. The predicted molar refractivity (Wildman–Crippen MR) is 61.7 cm³/mol. The van der Waals surface area contributed by atoms with Gasteiger partial charge < -0.3 is 11.1 Å². The van der Waals surface area contributed by atoms with E-state index in [-0.39, 0.29) is 12.5 Å². The molecule has 100 valence electrons. The first kappa shape index (κ1) is 14.5. The fraction of sp³-hybridized carbons (Fsp3) is 0.417. The second-order valence-corrected chi connectivity index (χ2v) is 4.01. The average Bonchev–Trinajstić information content (AvgIpc) is 2.27. The normalized spacial score (nSPS) is 13.3. The lowest BCUT2D eigenvalue weighted by Gasteiger charge is -2.14. The van der Waals surface area contributed by atoms with Crippen LogP contribution in [0.2, 0.25) is 0 Å². The summed E-state index contributed by atoms with van der Waals surface area (Å²) in [6.45, 7) is 2.21. The minimum atomic E-state index is -4.32. The van der Waals surface area contributed by atoms with Crippen molar-refractivity contribution in [3.05, 3.63) is 35.4 Å². The molecular formula is C12H15F3N2O. The van der Waals surface area contributed by atoms with E-state index in [0.717, 1.165) is 17.7 Å². The van der Waals surface area contributed by atoms with Crippen molar-refractivity contribution in [2.24, 2.45) is 5.73 Å². The number of amides is 1. The number of rotatable bonds is 5. The fourth-order valence-electron chi connectivity index (χ4n) is 1.49. The monoisotopic (exact) mass is 260 g/mol. The standard InChI is InChI=1S/C12H15F3N2O/c1-8(17-7-6-11(16)18)9-2-4-10(5-3-9)12(13,14)15/h2-5,8,17H,6-7H2,1H3,(H2,16,18). The van der Waals surface area contributed by atoms with Crippen LogP contribution in [0.3, 0.4) is 0 Å². The molecule has 6 heteroatoms. The van der Waals surface area contributed by atoms with Crippen LogP contribution in [0.5, 0.6) is 0 Å². The second kappa shape index (κ2) is 5.86. The number of nitrogens with two attached hydrogens (primary N) is 1. The molecule has 0 aliphatic heterocycles. The molecular weight excluding hydrogens is 245 g/mol. The molecule has 0 spiro atoms. The summed E-state index contributed by atoms with van der Waals surface area (Å²) in [4.78, 5) is 10.5. The highest BCUT2D eigenvalue weighted by atomic mass is 19.4. The van der Waals surface area contributed by atoms with E-state index in [1.54, 1.807) is 0 Å². The third-order valence-corrected chi connectivity index (χ3v) is 2.56. The van der Waals surface area contributed by atoms with E-state index in [0.29, 0.717) is 6.54 Å². The highest BCUT2D eigenvalue weighted by molar-refractivity contribution is 5.73. The van der Waals surface area contributed by atoms with E-state index in [2.05, 4.69) is 5.32 Å². The Morgan fingerprint density at radius 3 is 2.33 bits per heavy atom. The maximum atomic E-state index is 12.3. The van der Waals surface area contributed by atoms with Crippen LogP contribution >= 0.6 is 0 Å². The highest BCUT2D eigenvalue weighted by Gasteiger charge is 2.30. The lowest BCUT2D eigenvalue weighted by atomic mass is 10.1. The molecule has 0 heterocycles.